The minimum atomic E-state index is -3.70. The normalized spacial score (nSPS) is 20.8. The molecule has 0 unspecified atom stereocenters. The van der Waals surface area contributed by atoms with Crippen LogP contribution in [0.1, 0.15) is 17.3 Å². The highest BCUT2D eigenvalue weighted by molar-refractivity contribution is 14.1. The Morgan fingerprint density at radius 1 is 1.50 bits per heavy atom. The van der Waals surface area contributed by atoms with Crippen LogP contribution in [0.5, 0.6) is 0 Å². The summed E-state index contributed by atoms with van der Waals surface area (Å²) >= 11 is 1.87. The van der Waals surface area contributed by atoms with Gasteiger partial charge in [0.2, 0.25) is 10.0 Å². The molecule has 2 rings (SSSR count). The van der Waals surface area contributed by atoms with Gasteiger partial charge in [-0.25, -0.2) is 13.2 Å². The molecule has 0 aliphatic carbocycles. The molecular weight excluding hydrogens is 397 g/mol. The van der Waals surface area contributed by atoms with Crippen LogP contribution >= 0.6 is 22.6 Å². The van der Waals surface area contributed by atoms with Gasteiger partial charge in [0.05, 0.1) is 23.7 Å². The van der Waals surface area contributed by atoms with Crippen LogP contribution in [0.4, 0.5) is 0 Å². The summed E-state index contributed by atoms with van der Waals surface area (Å²) in [5.74, 6) is -1.14. The Balaban J connectivity index is 2.44. The first-order valence-corrected chi connectivity index (χ1v) is 8.48. The SMILES string of the molecule is C[C@@H]1COCCN1S(=O)(=O)c1ccc(I)c(C(=O)O)c1. The summed E-state index contributed by atoms with van der Waals surface area (Å²) in [6.07, 6.45) is 0. The maximum atomic E-state index is 12.6. The van der Waals surface area contributed by atoms with Gasteiger partial charge < -0.3 is 9.84 Å². The lowest BCUT2D eigenvalue weighted by atomic mass is 10.2. The molecule has 0 radical (unpaired) electrons. The molecule has 110 valence electrons. The van der Waals surface area contributed by atoms with Crippen LogP contribution in [-0.4, -0.2) is 49.6 Å². The van der Waals surface area contributed by atoms with Crippen LogP contribution in [-0.2, 0) is 14.8 Å². The molecule has 1 aliphatic rings. The van der Waals surface area contributed by atoms with Crippen molar-refractivity contribution in [1.82, 2.24) is 4.31 Å². The van der Waals surface area contributed by atoms with E-state index in [-0.39, 0.29) is 23.0 Å². The molecule has 0 saturated carbocycles. The Labute approximate surface area is 130 Å². The largest absolute Gasteiger partial charge is 0.478 e. The van der Waals surface area contributed by atoms with Gasteiger partial charge in [-0.3, -0.25) is 0 Å². The van der Waals surface area contributed by atoms with E-state index in [0.29, 0.717) is 16.8 Å². The number of carboxylic acids is 1. The number of hydrogen-bond donors (Lipinski definition) is 1. The van der Waals surface area contributed by atoms with Crippen LogP contribution < -0.4 is 0 Å². The topological polar surface area (TPSA) is 83.9 Å². The predicted octanol–water partition coefficient (Wildman–Crippen LogP) is 1.40. The van der Waals surface area contributed by atoms with Crippen molar-refractivity contribution in [3.05, 3.63) is 27.3 Å². The van der Waals surface area contributed by atoms with Crippen LogP contribution in [0.2, 0.25) is 0 Å². The average Bonchev–Trinajstić information content (AvgIpc) is 2.38. The molecule has 1 heterocycles. The lowest BCUT2D eigenvalue weighted by Crippen LogP contribution is -2.46. The number of sulfonamides is 1. The van der Waals surface area contributed by atoms with Crippen molar-refractivity contribution >= 4 is 38.6 Å². The molecule has 20 heavy (non-hydrogen) atoms. The Morgan fingerprint density at radius 3 is 2.80 bits per heavy atom. The molecule has 0 amide bonds. The number of nitrogens with zero attached hydrogens (tertiary/aromatic N) is 1. The van der Waals surface area contributed by atoms with E-state index in [2.05, 4.69) is 0 Å². The first kappa shape index (κ1) is 15.7. The summed E-state index contributed by atoms with van der Waals surface area (Å²) in [6, 6.07) is 3.89. The van der Waals surface area contributed by atoms with Crippen LogP contribution in [0, 0.1) is 3.57 Å². The van der Waals surface area contributed by atoms with Crippen molar-refractivity contribution in [1.29, 1.82) is 0 Å². The van der Waals surface area contributed by atoms with Crippen molar-refractivity contribution in [3.8, 4) is 0 Å². The molecule has 1 aromatic carbocycles. The Morgan fingerprint density at radius 2 is 2.20 bits per heavy atom. The van der Waals surface area contributed by atoms with Gasteiger partial charge in [0, 0.05) is 16.2 Å². The number of halogens is 1. The monoisotopic (exact) mass is 411 g/mol. The molecule has 1 saturated heterocycles. The maximum absolute atomic E-state index is 12.6. The van der Waals surface area contributed by atoms with E-state index >= 15 is 0 Å². The second-order valence-electron chi connectivity index (χ2n) is 4.49. The standard InChI is InChI=1S/C12H14INO5S/c1-8-7-19-5-4-14(8)20(17,18)9-2-3-11(13)10(6-9)12(15)16/h2-3,6,8H,4-5,7H2,1H3,(H,15,16)/t8-/m1/s1. The molecule has 1 fully saturated rings. The second-order valence-corrected chi connectivity index (χ2v) is 7.54. The van der Waals surface area contributed by atoms with Gasteiger partial charge in [-0.05, 0) is 47.7 Å². The molecule has 6 nitrogen and oxygen atoms in total. The van der Waals surface area contributed by atoms with Crippen LogP contribution in [0.15, 0.2) is 23.1 Å². The van der Waals surface area contributed by atoms with Gasteiger partial charge in [-0.1, -0.05) is 0 Å². The van der Waals surface area contributed by atoms with E-state index in [4.69, 9.17) is 9.84 Å². The van der Waals surface area contributed by atoms with Gasteiger partial charge in [0.1, 0.15) is 0 Å². The number of aromatic carboxylic acids is 1. The van der Waals surface area contributed by atoms with E-state index in [1.807, 2.05) is 22.6 Å². The van der Waals surface area contributed by atoms with Crippen molar-refractivity contribution in [2.24, 2.45) is 0 Å². The summed E-state index contributed by atoms with van der Waals surface area (Å²) in [6.45, 7) is 2.73. The molecule has 1 aromatic rings. The fraction of sp³-hybridized carbons (Fsp3) is 0.417. The highest BCUT2D eigenvalue weighted by Crippen LogP contribution is 2.23. The minimum absolute atomic E-state index is 0.00376. The first-order chi connectivity index (χ1) is 9.34. The molecule has 8 heteroatoms. The third-order valence-electron chi connectivity index (χ3n) is 3.08. The number of hydrogen-bond acceptors (Lipinski definition) is 4. The summed E-state index contributed by atoms with van der Waals surface area (Å²) in [5, 5.41) is 9.08. The Kier molecular flexibility index (Phi) is 4.67. The van der Waals surface area contributed by atoms with Gasteiger partial charge in [0.25, 0.3) is 0 Å². The molecule has 0 spiro atoms. The summed E-state index contributed by atoms with van der Waals surface area (Å²) in [5.41, 5.74) is -0.00686. The molecule has 1 aliphatic heterocycles. The van der Waals surface area contributed by atoms with Crippen LogP contribution in [0.25, 0.3) is 0 Å². The summed E-state index contributed by atoms with van der Waals surface area (Å²) in [7, 11) is -3.70. The Bertz CT molecular complexity index is 631. The van der Waals surface area contributed by atoms with Gasteiger partial charge >= 0.3 is 5.97 Å². The number of morpholine rings is 1. The number of carbonyl (C=O) groups is 1. The molecule has 0 aromatic heterocycles. The van der Waals surface area contributed by atoms with E-state index < -0.39 is 16.0 Å². The summed E-state index contributed by atoms with van der Waals surface area (Å²) < 4.78 is 32.2. The van der Waals surface area contributed by atoms with E-state index in [1.165, 1.54) is 22.5 Å². The van der Waals surface area contributed by atoms with Crippen molar-refractivity contribution in [2.75, 3.05) is 19.8 Å². The van der Waals surface area contributed by atoms with Crippen molar-refractivity contribution in [2.45, 2.75) is 17.9 Å². The number of benzene rings is 1. The first-order valence-electron chi connectivity index (χ1n) is 5.96. The fourth-order valence-electron chi connectivity index (χ4n) is 2.03. The van der Waals surface area contributed by atoms with E-state index in [0.717, 1.165) is 0 Å². The highest BCUT2D eigenvalue weighted by Gasteiger charge is 2.32. The van der Waals surface area contributed by atoms with E-state index in [1.54, 1.807) is 6.92 Å². The molecule has 0 bridgehead atoms. The smallest absolute Gasteiger partial charge is 0.336 e. The predicted molar refractivity (Wildman–Crippen MR) is 80.3 cm³/mol. The second kappa shape index (κ2) is 5.96. The van der Waals surface area contributed by atoms with Crippen molar-refractivity contribution in [3.63, 3.8) is 0 Å². The third kappa shape index (κ3) is 2.97. The lowest BCUT2D eigenvalue weighted by molar-refractivity contribution is 0.0392. The molecular formula is C12H14INO5S. The third-order valence-corrected chi connectivity index (χ3v) is 6.03. The lowest BCUT2D eigenvalue weighted by Gasteiger charge is -2.32. The zero-order valence-electron chi connectivity index (χ0n) is 10.7. The molecule has 1 atom stereocenters. The van der Waals surface area contributed by atoms with Gasteiger partial charge in [-0.2, -0.15) is 4.31 Å². The fourth-order valence-corrected chi connectivity index (χ4v) is 4.23. The van der Waals surface area contributed by atoms with Crippen LogP contribution in [0.3, 0.4) is 0 Å². The van der Waals surface area contributed by atoms with Gasteiger partial charge in [-0.15, -0.1) is 0 Å². The number of rotatable bonds is 3. The quantitative estimate of drug-likeness (QED) is 0.761. The summed E-state index contributed by atoms with van der Waals surface area (Å²) in [4.78, 5) is 11.1. The number of ether oxygens (including phenoxy) is 1. The average molecular weight is 411 g/mol. The minimum Gasteiger partial charge on any atom is -0.478 e. The Hall–Kier alpha value is -0.710. The number of carboxylic acid groups (broad SMARTS) is 1. The zero-order valence-corrected chi connectivity index (χ0v) is 13.7. The van der Waals surface area contributed by atoms with Gasteiger partial charge in [0.15, 0.2) is 0 Å². The van der Waals surface area contributed by atoms with E-state index in [9.17, 15) is 13.2 Å². The van der Waals surface area contributed by atoms with Crippen molar-refractivity contribution < 1.29 is 23.1 Å². The molecule has 1 N–H and O–H groups in total. The highest BCUT2D eigenvalue weighted by atomic mass is 127. The maximum Gasteiger partial charge on any atom is 0.336 e. The zero-order chi connectivity index (χ0) is 14.9.